The third-order valence-corrected chi connectivity index (χ3v) is 3.50. The molecule has 2 amide bonds. The topological polar surface area (TPSA) is 57.6 Å². The van der Waals surface area contributed by atoms with Gasteiger partial charge in [0.1, 0.15) is 0 Å². The SMILES string of the molecule is O=C1C=C(SCCO)C(=O)N1Cc1ccccc1. The first-order valence-electron chi connectivity index (χ1n) is 5.57. The van der Waals surface area contributed by atoms with E-state index in [1.807, 2.05) is 30.3 Å². The summed E-state index contributed by atoms with van der Waals surface area (Å²) in [6, 6.07) is 9.38. The molecule has 18 heavy (non-hydrogen) atoms. The molecule has 0 bridgehead atoms. The second kappa shape index (κ2) is 5.84. The van der Waals surface area contributed by atoms with Crippen LogP contribution >= 0.6 is 11.8 Å². The van der Waals surface area contributed by atoms with E-state index in [2.05, 4.69) is 0 Å². The second-order valence-electron chi connectivity index (χ2n) is 3.80. The van der Waals surface area contributed by atoms with Gasteiger partial charge < -0.3 is 5.11 Å². The van der Waals surface area contributed by atoms with E-state index in [1.165, 1.54) is 22.7 Å². The highest BCUT2D eigenvalue weighted by Gasteiger charge is 2.30. The van der Waals surface area contributed by atoms with Gasteiger partial charge in [0.15, 0.2) is 0 Å². The van der Waals surface area contributed by atoms with Gasteiger partial charge in [0, 0.05) is 11.8 Å². The van der Waals surface area contributed by atoms with Crippen LogP contribution in [0, 0.1) is 0 Å². The summed E-state index contributed by atoms with van der Waals surface area (Å²) in [5.41, 5.74) is 0.918. The number of carbonyl (C=O) groups excluding carboxylic acids is 2. The van der Waals surface area contributed by atoms with Gasteiger partial charge in [0.25, 0.3) is 11.8 Å². The largest absolute Gasteiger partial charge is 0.396 e. The fraction of sp³-hybridized carbons (Fsp3) is 0.231. The van der Waals surface area contributed by atoms with Crippen molar-refractivity contribution in [3.05, 3.63) is 46.9 Å². The van der Waals surface area contributed by atoms with Crippen molar-refractivity contribution in [1.82, 2.24) is 4.90 Å². The number of aliphatic hydroxyl groups is 1. The predicted molar refractivity (Wildman–Crippen MR) is 69.6 cm³/mol. The Hall–Kier alpha value is -1.59. The van der Waals surface area contributed by atoms with Crippen LogP contribution in [0.5, 0.6) is 0 Å². The van der Waals surface area contributed by atoms with Crippen molar-refractivity contribution in [1.29, 1.82) is 0 Å². The molecule has 0 spiro atoms. The molecule has 4 nitrogen and oxygen atoms in total. The zero-order valence-corrected chi connectivity index (χ0v) is 10.5. The van der Waals surface area contributed by atoms with Crippen molar-refractivity contribution >= 4 is 23.6 Å². The molecule has 1 heterocycles. The standard InChI is InChI=1S/C13H13NO3S/c15-6-7-18-11-8-12(16)14(13(11)17)9-10-4-2-1-3-5-10/h1-5,8,15H,6-7,9H2. The van der Waals surface area contributed by atoms with Gasteiger partial charge in [-0.05, 0) is 5.56 Å². The molecule has 0 aliphatic carbocycles. The lowest BCUT2D eigenvalue weighted by Crippen LogP contribution is -2.30. The van der Waals surface area contributed by atoms with Crippen molar-refractivity contribution < 1.29 is 14.7 Å². The first kappa shape index (κ1) is 12.9. The van der Waals surface area contributed by atoms with Crippen molar-refractivity contribution in [3.63, 3.8) is 0 Å². The number of nitrogens with zero attached hydrogens (tertiary/aromatic N) is 1. The van der Waals surface area contributed by atoms with E-state index >= 15 is 0 Å². The maximum Gasteiger partial charge on any atom is 0.267 e. The number of carbonyl (C=O) groups is 2. The number of imide groups is 1. The summed E-state index contributed by atoms with van der Waals surface area (Å²) in [7, 11) is 0. The molecule has 0 saturated heterocycles. The molecular weight excluding hydrogens is 250 g/mol. The van der Waals surface area contributed by atoms with Crippen LogP contribution in [0.2, 0.25) is 0 Å². The first-order valence-corrected chi connectivity index (χ1v) is 6.56. The van der Waals surface area contributed by atoms with Crippen LogP contribution in [0.1, 0.15) is 5.56 Å². The number of hydrogen-bond donors (Lipinski definition) is 1. The van der Waals surface area contributed by atoms with Gasteiger partial charge in [-0.1, -0.05) is 30.3 Å². The molecule has 0 saturated carbocycles. The Bertz CT molecular complexity index is 484. The lowest BCUT2D eigenvalue weighted by molar-refractivity contribution is -0.137. The summed E-state index contributed by atoms with van der Waals surface area (Å²) < 4.78 is 0. The molecule has 1 aliphatic rings. The highest BCUT2D eigenvalue weighted by Crippen LogP contribution is 2.25. The zero-order chi connectivity index (χ0) is 13.0. The van der Waals surface area contributed by atoms with Crippen LogP contribution in [0.25, 0.3) is 0 Å². The van der Waals surface area contributed by atoms with E-state index in [0.717, 1.165) is 5.56 Å². The van der Waals surface area contributed by atoms with Crippen molar-refractivity contribution in [2.45, 2.75) is 6.54 Å². The van der Waals surface area contributed by atoms with Crippen LogP contribution < -0.4 is 0 Å². The summed E-state index contributed by atoms with van der Waals surface area (Å²) in [4.78, 5) is 25.3. The maximum absolute atomic E-state index is 12.0. The number of benzene rings is 1. The normalized spacial score (nSPS) is 15.2. The van der Waals surface area contributed by atoms with Crippen molar-refractivity contribution in [2.75, 3.05) is 12.4 Å². The van der Waals surface area contributed by atoms with E-state index in [9.17, 15) is 9.59 Å². The third kappa shape index (κ3) is 2.80. The Kier molecular flexibility index (Phi) is 4.17. The molecule has 1 aromatic rings. The van der Waals surface area contributed by atoms with Gasteiger partial charge in [0.2, 0.25) is 0 Å². The maximum atomic E-state index is 12.0. The molecule has 1 N–H and O–H groups in total. The number of hydrogen-bond acceptors (Lipinski definition) is 4. The van der Waals surface area contributed by atoms with E-state index < -0.39 is 0 Å². The molecule has 5 heteroatoms. The fourth-order valence-corrected chi connectivity index (χ4v) is 2.39. The highest BCUT2D eigenvalue weighted by atomic mass is 32.2. The molecule has 2 rings (SSSR count). The molecule has 0 unspecified atom stereocenters. The van der Waals surface area contributed by atoms with Crippen molar-refractivity contribution in [3.8, 4) is 0 Å². The quantitative estimate of drug-likeness (QED) is 0.810. The van der Waals surface area contributed by atoms with Crippen LogP contribution in [0.4, 0.5) is 0 Å². The number of rotatable bonds is 5. The minimum absolute atomic E-state index is 0.0117. The van der Waals surface area contributed by atoms with Crippen molar-refractivity contribution in [2.24, 2.45) is 0 Å². The third-order valence-electron chi connectivity index (χ3n) is 2.51. The van der Waals surface area contributed by atoms with E-state index in [4.69, 9.17) is 5.11 Å². The Labute approximate surface area is 109 Å². The molecule has 0 radical (unpaired) electrons. The van der Waals surface area contributed by atoms with Crippen LogP contribution in [0.15, 0.2) is 41.3 Å². The van der Waals surface area contributed by atoms with Crippen LogP contribution in [-0.4, -0.2) is 34.2 Å². The van der Waals surface area contributed by atoms with E-state index in [-0.39, 0.29) is 25.0 Å². The minimum atomic E-state index is -0.288. The predicted octanol–water partition coefficient (Wildman–Crippen LogP) is 1.16. The Morgan fingerprint density at radius 2 is 1.89 bits per heavy atom. The smallest absolute Gasteiger partial charge is 0.267 e. The highest BCUT2D eigenvalue weighted by molar-refractivity contribution is 8.04. The fourth-order valence-electron chi connectivity index (χ4n) is 1.66. The summed E-state index contributed by atoms with van der Waals surface area (Å²) in [6.45, 7) is 0.278. The van der Waals surface area contributed by atoms with E-state index in [1.54, 1.807) is 0 Å². The van der Waals surface area contributed by atoms with Crippen LogP contribution in [-0.2, 0) is 16.1 Å². The van der Waals surface area contributed by atoms with Gasteiger partial charge in [-0.25, -0.2) is 0 Å². The molecule has 94 valence electrons. The summed E-state index contributed by atoms with van der Waals surface area (Å²) in [6.07, 6.45) is 1.34. The second-order valence-corrected chi connectivity index (χ2v) is 4.93. The monoisotopic (exact) mass is 263 g/mol. The average molecular weight is 263 g/mol. The zero-order valence-electron chi connectivity index (χ0n) is 9.70. The average Bonchev–Trinajstić information content (AvgIpc) is 2.65. The lowest BCUT2D eigenvalue weighted by atomic mass is 10.2. The Balaban J connectivity index is 2.04. The minimum Gasteiger partial charge on any atom is -0.396 e. The van der Waals surface area contributed by atoms with Gasteiger partial charge in [0.05, 0.1) is 18.1 Å². The molecule has 0 atom stereocenters. The Morgan fingerprint density at radius 1 is 1.17 bits per heavy atom. The summed E-state index contributed by atoms with van der Waals surface area (Å²) >= 11 is 1.21. The van der Waals surface area contributed by atoms with Gasteiger partial charge >= 0.3 is 0 Å². The molecule has 1 aliphatic heterocycles. The lowest BCUT2D eigenvalue weighted by Gasteiger charge is -2.14. The number of aliphatic hydroxyl groups excluding tert-OH is 1. The van der Waals surface area contributed by atoms with Gasteiger partial charge in [-0.3, -0.25) is 14.5 Å². The first-order chi connectivity index (χ1) is 8.72. The van der Waals surface area contributed by atoms with Gasteiger partial charge in [-0.2, -0.15) is 0 Å². The molecular formula is C13H13NO3S. The number of thioether (sulfide) groups is 1. The number of amides is 2. The summed E-state index contributed by atoms with van der Waals surface area (Å²) in [5.74, 6) is -0.143. The molecule has 0 aromatic heterocycles. The van der Waals surface area contributed by atoms with Crippen LogP contribution in [0.3, 0.4) is 0 Å². The molecule has 1 aromatic carbocycles. The Morgan fingerprint density at radius 3 is 2.56 bits per heavy atom. The summed E-state index contributed by atoms with van der Waals surface area (Å²) in [5, 5.41) is 8.72. The van der Waals surface area contributed by atoms with Gasteiger partial charge in [-0.15, -0.1) is 11.8 Å². The van der Waals surface area contributed by atoms with E-state index in [0.29, 0.717) is 10.7 Å². The molecule has 0 fully saturated rings.